The van der Waals surface area contributed by atoms with Gasteiger partial charge < -0.3 is 19.7 Å². The van der Waals surface area contributed by atoms with Gasteiger partial charge in [0.05, 0.1) is 5.39 Å². The van der Waals surface area contributed by atoms with Crippen LogP contribution < -0.4 is 5.43 Å². The molecule has 0 unspecified atom stereocenters. The fourth-order valence-corrected chi connectivity index (χ4v) is 2.33. The summed E-state index contributed by atoms with van der Waals surface area (Å²) in [6.45, 7) is 1.76. The Morgan fingerprint density at radius 2 is 1.77 bits per heavy atom. The van der Waals surface area contributed by atoms with Crippen molar-refractivity contribution in [3.05, 3.63) is 51.1 Å². The zero-order chi connectivity index (χ0) is 16.0. The number of hydrogen-bond donors (Lipinski definition) is 3. The van der Waals surface area contributed by atoms with Crippen LogP contribution in [0.2, 0.25) is 5.02 Å². The van der Waals surface area contributed by atoms with Gasteiger partial charge in [-0.05, 0) is 42.8 Å². The highest BCUT2D eigenvalue weighted by molar-refractivity contribution is 6.32. The van der Waals surface area contributed by atoms with Gasteiger partial charge in [-0.15, -0.1) is 0 Å². The fraction of sp³-hybridized carbons (Fsp3) is 0.0625. The summed E-state index contributed by atoms with van der Waals surface area (Å²) in [6.07, 6.45) is 0. The molecule has 6 heteroatoms. The lowest BCUT2D eigenvalue weighted by Crippen LogP contribution is -2.03. The molecule has 22 heavy (non-hydrogen) atoms. The molecular formula is C16H11ClO5. The molecule has 3 aromatic rings. The van der Waals surface area contributed by atoms with Crippen molar-refractivity contribution in [2.24, 2.45) is 0 Å². The van der Waals surface area contributed by atoms with Gasteiger partial charge in [0, 0.05) is 10.6 Å². The van der Waals surface area contributed by atoms with Crippen molar-refractivity contribution >= 4 is 22.6 Å². The second-order valence-corrected chi connectivity index (χ2v) is 5.32. The SMILES string of the molecule is Cc1cc2oc(-c3ccc(O)c(O)c3)c(O)c(=O)c2cc1Cl. The smallest absolute Gasteiger partial charge is 0.235 e. The molecule has 0 saturated carbocycles. The van der Waals surface area contributed by atoms with Crippen molar-refractivity contribution < 1.29 is 19.7 Å². The third kappa shape index (κ3) is 2.16. The highest BCUT2D eigenvalue weighted by Crippen LogP contribution is 2.35. The van der Waals surface area contributed by atoms with Crippen LogP contribution in [0, 0.1) is 6.92 Å². The topological polar surface area (TPSA) is 90.9 Å². The standard InChI is InChI=1S/C16H11ClO5/c1-7-4-13-9(6-10(7)17)14(20)15(21)16(22-13)8-2-3-11(18)12(19)5-8/h2-6,18-19,21H,1H3. The molecule has 2 aromatic carbocycles. The molecule has 1 aromatic heterocycles. The summed E-state index contributed by atoms with van der Waals surface area (Å²) in [5, 5.41) is 29.5. The van der Waals surface area contributed by atoms with Crippen molar-refractivity contribution in [1.29, 1.82) is 0 Å². The van der Waals surface area contributed by atoms with Gasteiger partial charge in [0.25, 0.3) is 0 Å². The van der Waals surface area contributed by atoms with Crippen molar-refractivity contribution in [3.63, 3.8) is 0 Å². The molecule has 5 nitrogen and oxygen atoms in total. The van der Waals surface area contributed by atoms with E-state index in [1.165, 1.54) is 24.3 Å². The van der Waals surface area contributed by atoms with E-state index in [4.69, 9.17) is 16.0 Å². The van der Waals surface area contributed by atoms with Gasteiger partial charge in [0.1, 0.15) is 5.58 Å². The van der Waals surface area contributed by atoms with Gasteiger partial charge in [-0.2, -0.15) is 0 Å². The molecule has 0 bridgehead atoms. The summed E-state index contributed by atoms with van der Waals surface area (Å²) in [5.74, 6) is -1.37. The fourth-order valence-electron chi connectivity index (χ4n) is 2.17. The van der Waals surface area contributed by atoms with E-state index in [1.54, 1.807) is 13.0 Å². The van der Waals surface area contributed by atoms with Crippen LogP contribution in [0.25, 0.3) is 22.3 Å². The van der Waals surface area contributed by atoms with E-state index in [-0.39, 0.29) is 33.8 Å². The van der Waals surface area contributed by atoms with Crippen molar-refractivity contribution in [2.45, 2.75) is 6.92 Å². The third-order valence-corrected chi connectivity index (χ3v) is 3.79. The maximum atomic E-state index is 12.3. The molecule has 0 amide bonds. The molecule has 0 aliphatic rings. The summed E-state index contributed by atoms with van der Waals surface area (Å²) in [7, 11) is 0. The van der Waals surface area contributed by atoms with Gasteiger partial charge in [-0.3, -0.25) is 4.79 Å². The number of hydrogen-bond acceptors (Lipinski definition) is 5. The molecular weight excluding hydrogens is 308 g/mol. The predicted molar refractivity (Wildman–Crippen MR) is 82.7 cm³/mol. The van der Waals surface area contributed by atoms with Crippen molar-refractivity contribution in [3.8, 4) is 28.6 Å². The Bertz CT molecular complexity index is 959. The third-order valence-electron chi connectivity index (χ3n) is 3.39. The summed E-state index contributed by atoms with van der Waals surface area (Å²) in [6, 6.07) is 6.89. The molecule has 0 aliphatic heterocycles. The van der Waals surface area contributed by atoms with Gasteiger partial charge in [-0.25, -0.2) is 0 Å². The molecule has 0 saturated heterocycles. The van der Waals surface area contributed by atoms with Gasteiger partial charge >= 0.3 is 0 Å². The summed E-state index contributed by atoms with van der Waals surface area (Å²) in [5.41, 5.74) is 0.639. The lowest BCUT2D eigenvalue weighted by molar-refractivity contribution is 0.403. The Morgan fingerprint density at radius 3 is 2.45 bits per heavy atom. The minimum Gasteiger partial charge on any atom is -0.504 e. The molecule has 3 rings (SSSR count). The number of rotatable bonds is 1. The van der Waals surface area contributed by atoms with Crippen LogP contribution in [-0.4, -0.2) is 15.3 Å². The van der Waals surface area contributed by atoms with Crippen LogP contribution in [0.15, 0.2) is 39.5 Å². The largest absolute Gasteiger partial charge is 0.504 e. The number of aromatic hydroxyl groups is 3. The molecule has 3 N–H and O–H groups in total. The van der Waals surface area contributed by atoms with Gasteiger partial charge in [0.15, 0.2) is 17.3 Å². The van der Waals surface area contributed by atoms with Crippen LogP contribution >= 0.6 is 11.6 Å². The highest BCUT2D eigenvalue weighted by atomic mass is 35.5. The Morgan fingerprint density at radius 1 is 1.05 bits per heavy atom. The Kier molecular flexibility index (Phi) is 3.22. The van der Waals surface area contributed by atoms with E-state index in [2.05, 4.69) is 0 Å². The first-order valence-electron chi connectivity index (χ1n) is 6.36. The number of halogens is 1. The lowest BCUT2D eigenvalue weighted by Gasteiger charge is -2.08. The lowest BCUT2D eigenvalue weighted by atomic mass is 10.1. The second kappa shape index (κ2) is 4.96. The van der Waals surface area contributed by atoms with E-state index in [9.17, 15) is 20.1 Å². The van der Waals surface area contributed by atoms with Crippen molar-refractivity contribution in [1.82, 2.24) is 0 Å². The Labute approximate surface area is 129 Å². The average Bonchev–Trinajstić information content (AvgIpc) is 2.48. The van der Waals surface area contributed by atoms with Crippen molar-refractivity contribution in [2.75, 3.05) is 0 Å². The number of fused-ring (bicyclic) bond motifs is 1. The maximum absolute atomic E-state index is 12.3. The quantitative estimate of drug-likeness (QED) is 0.597. The maximum Gasteiger partial charge on any atom is 0.235 e. The molecule has 0 spiro atoms. The Balaban J connectivity index is 2.35. The monoisotopic (exact) mass is 318 g/mol. The zero-order valence-electron chi connectivity index (χ0n) is 11.4. The summed E-state index contributed by atoms with van der Waals surface area (Å²) in [4.78, 5) is 12.3. The molecule has 112 valence electrons. The van der Waals surface area contributed by atoms with Crippen LogP contribution in [0.5, 0.6) is 17.2 Å². The summed E-state index contributed by atoms with van der Waals surface area (Å²) < 4.78 is 5.59. The highest BCUT2D eigenvalue weighted by Gasteiger charge is 2.17. The minimum absolute atomic E-state index is 0.0884. The Hall–Kier alpha value is -2.66. The number of aryl methyl sites for hydroxylation is 1. The first-order chi connectivity index (χ1) is 10.4. The average molecular weight is 319 g/mol. The van der Waals surface area contributed by atoms with E-state index < -0.39 is 11.2 Å². The van der Waals surface area contributed by atoms with Crippen LogP contribution in [-0.2, 0) is 0 Å². The number of benzene rings is 2. The molecule has 0 aliphatic carbocycles. The van der Waals surface area contributed by atoms with E-state index in [0.29, 0.717) is 5.02 Å². The van der Waals surface area contributed by atoms with E-state index in [1.807, 2.05) is 0 Å². The normalized spacial score (nSPS) is 11.0. The second-order valence-electron chi connectivity index (χ2n) is 4.91. The van der Waals surface area contributed by atoms with E-state index in [0.717, 1.165) is 5.56 Å². The van der Waals surface area contributed by atoms with Gasteiger partial charge in [-0.1, -0.05) is 11.6 Å². The molecule has 0 fully saturated rings. The van der Waals surface area contributed by atoms with Crippen LogP contribution in [0.1, 0.15) is 5.56 Å². The number of phenolic OH excluding ortho intramolecular Hbond substituents is 2. The van der Waals surface area contributed by atoms with Gasteiger partial charge in [0.2, 0.25) is 11.2 Å². The van der Waals surface area contributed by atoms with E-state index >= 15 is 0 Å². The minimum atomic E-state index is -0.620. The molecule has 1 heterocycles. The first-order valence-corrected chi connectivity index (χ1v) is 6.74. The summed E-state index contributed by atoms with van der Waals surface area (Å²) >= 11 is 5.98. The van der Waals surface area contributed by atoms with Crippen LogP contribution in [0.4, 0.5) is 0 Å². The molecule has 0 atom stereocenters. The number of phenols is 2. The predicted octanol–water partition coefficient (Wildman–Crippen LogP) is 3.54. The first kappa shape index (κ1) is 14.3. The van der Waals surface area contributed by atoms with Crippen LogP contribution in [0.3, 0.4) is 0 Å². The zero-order valence-corrected chi connectivity index (χ0v) is 12.2. The molecule has 0 radical (unpaired) electrons.